The topological polar surface area (TPSA) is 81.4 Å². The number of aryl methyl sites for hydroxylation is 1. The molecule has 0 atom stereocenters. The van der Waals surface area contributed by atoms with E-state index in [0.717, 1.165) is 12.6 Å². The molecule has 0 radical (unpaired) electrons. The van der Waals surface area contributed by atoms with Crippen LogP contribution >= 0.6 is 0 Å². The van der Waals surface area contributed by atoms with Gasteiger partial charge in [-0.3, -0.25) is 0 Å². The smallest absolute Gasteiger partial charge is 0.355 e. The molecule has 126 valence electrons. The molecule has 0 aliphatic rings. The lowest BCUT2D eigenvalue weighted by Gasteiger charge is -2.10. The summed E-state index contributed by atoms with van der Waals surface area (Å²) in [6, 6.07) is 1.58. The number of halogens is 3. The second kappa shape index (κ2) is 6.02. The van der Waals surface area contributed by atoms with Crippen molar-refractivity contribution < 1.29 is 13.2 Å². The standard InChI is InChI=1S/C14H14F3N7/c1-3-5-19-13-22-9-7-20-12(14(15,16)17)23-11(9)24(13)10-4-6-18-8(2)21-10/h4,6-7H,3,5H2,1-2H3,(H,19,22). The minimum atomic E-state index is -4.64. The Morgan fingerprint density at radius 2 is 1.96 bits per heavy atom. The lowest BCUT2D eigenvalue weighted by Crippen LogP contribution is -2.12. The summed E-state index contributed by atoms with van der Waals surface area (Å²) >= 11 is 0. The number of rotatable bonds is 4. The molecule has 0 aliphatic heterocycles. The molecule has 0 spiro atoms. The van der Waals surface area contributed by atoms with Crippen LogP contribution in [-0.2, 0) is 6.18 Å². The van der Waals surface area contributed by atoms with Crippen LogP contribution in [-0.4, -0.2) is 36.0 Å². The fourth-order valence-electron chi connectivity index (χ4n) is 2.15. The Morgan fingerprint density at radius 1 is 1.17 bits per heavy atom. The van der Waals surface area contributed by atoms with Gasteiger partial charge in [-0.15, -0.1) is 0 Å². The summed E-state index contributed by atoms with van der Waals surface area (Å²) in [7, 11) is 0. The Morgan fingerprint density at radius 3 is 2.62 bits per heavy atom. The Labute approximate surface area is 135 Å². The number of imidazole rings is 1. The van der Waals surface area contributed by atoms with Crippen LogP contribution in [0.4, 0.5) is 19.1 Å². The average Bonchev–Trinajstić information content (AvgIpc) is 2.89. The van der Waals surface area contributed by atoms with Crippen molar-refractivity contribution in [2.45, 2.75) is 26.4 Å². The number of fused-ring (bicyclic) bond motifs is 1. The number of aromatic nitrogens is 6. The quantitative estimate of drug-likeness (QED) is 0.788. The third-order valence-electron chi connectivity index (χ3n) is 3.18. The molecule has 7 nitrogen and oxygen atoms in total. The van der Waals surface area contributed by atoms with E-state index >= 15 is 0 Å². The summed E-state index contributed by atoms with van der Waals surface area (Å²) in [5.41, 5.74) is 0.284. The molecule has 3 heterocycles. The highest BCUT2D eigenvalue weighted by molar-refractivity contribution is 5.76. The highest BCUT2D eigenvalue weighted by Crippen LogP contribution is 2.29. The van der Waals surface area contributed by atoms with Gasteiger partial charge < -0.3 is 5.32 Å². The number of nitrogens with zero attached hydrogens (tertiary/aromatic N) is 6. The zero-order valence-corrected chi connectivity index (χ0v) is 13.0. The molecular weight excluding hydrogens is 323 g/mol. The molecule has 0 saturated carbocycles. The third-order valence-corrected chi connectivity index (χ3v) is 3.18. The van der Waals surface area contributed by atoms with Crippen LogP contribution < -0.4 is 5.32 Å². The van der Waals surface area contributed by atoms with E-state index < -0.39 is 12.0 Å². The lowest BCUT2D eigenvalue weighted by atomic mass is 10.4. The zero-order valence-electron chi connectivity index (χ0n) is 13.0. The van der Waals surface area contributed by atoms with Gasteiger partial charge in [-0.1, -0.05) is 6.92 Å². The predicted molar refractivity (Wildman–Crippen MR) is 80.8 cm³/mol. The highest BCUT2D eigenvalue weighted by atomic mass is 19.4. The second-order valence-corrected chi connectivity index (χ2v) is 5.06. The molecule has 3 rings (SSSR count). The van der Waals surface area contributed by atoms with E-state index in [2.05, 4.69) is 30.2 Å². The van der Waals surface area contributed by atoms with Crippen molar-refractivity contribution in [2.75, 3.05) is 11.9 Å². The number of nitrogens with one attached hydrogen (secondary N) is 1. The number of hydrogen-bond acceptors (Lipinski definition) is 6. The van der Waals surface area contributed by atoms with Gasteiger partial charge in [0.05, 0.1) is 6.20 Å². The van der Waals surface area contributed by atoms with Crippen LogP contribution in [0.2, 0.25) is 0 Å². The molecule has 0 aromatic carbocycles. The molecule has 1 N–H and O–H groups in total. The molecule has 10 heteroatoms. The van der Waals surface area contributed by atoms with Crippen molar-refractivity contribution in [2.24, 2.45) is 0 Å². The SMILES string of the molecule is CCCNc1nc2cnc(C(F)(F)F)nc2n1-c1ccnc(C)n1. The normalized spacial score (nSPS) is 11.9. The number of hydrogen-bond donors (Lipinski definition) is 1. The maximum Gasteiger partial charge on any atom is 0.451 e. The number of alkyl halides is 3. The fraction of sp³-hybridized carbons (Fsp3) is 0.357. The van der Waals surface area contributed by atoms with Gasteiger partial charge in [0.15, 0.2) is 5.65 Å². The summed E-state index contributed by atoms with van der Waals surface area (Å²) in [5, 5.41) is 3.07. The first-order valence-electron chi connectivity index (χ1n) is 7.26. The first-order chi connectivity index (χ1) is 11.4. The summed E-state index contributed by atoms with van der Waals surface area (Å²) in [4.78, 5) is 19.5. The van der Waals surface area contributed by atoms with Gasteiger partial charge in [-0.2, -0.15) is 13.2 Å². The van der Waals surface area contributed by atoms with E-state index in [9.17, 15) is 13.2 Å². The van der Waals surface area contributed by atoms with E-state index in [4.69, 9.17) is 0 Å². The Kier molecular flexibility index (Phi) is 4.04. The van der Waals surface area contributed by atoms with Crippen molar-refractivity contribution in [3.8, 4) is 5.82 Å². The molecule has 0 amide bonds. The summed E-state index contributed by atoms with van der Waals surface area (Å²) < 4.78 is 40.2. The summed E-state index contributed by atoms with van der Waals surface area (Å²) in [6.07, 6.45) is -1.22. The van der Waals surface area contributed by atoms with Crippen molar-refractivity contribution in [3.05, 3.63) is 30.1 Å². The molecular formula is C14H14F3N7. The van der Waals surface area contributed by atoms with Crippen LogP contribution in [0, 0.1) is 6.92 Å². The van der Waals surface area contributed by atoms with Gasteiger partial charge in [0.1, 0.15) is 17.2 Å². The first kappa shape index (κ1) is 16.1. The van der Waals surface area contributed by atoms with Gasteiger partial charge in [0.2, 0.25) is 11.8 Å². The van der Waals surface area contributed by atoms with Crippen LogP contribution in [0.15, 0.2) is 18.5 Å². The molecule has 0 unspecified atom stereocenters. The van der Waals surface area contributed by atoms with Gasteiger partial charge in [-0.05, 0) is 19.4 Å². The van der Waals surface area contributed by atoms with Crippen LogP contribution in [0.1, 0.15) is 25.0 Å². The van der Waals surface area contributed by atoms with Gasteiger partial charge in [0, 0.05) is 12.7 Å². The Bertz CT molecular complexity index is 872. The van der Waals surface area contributed by atoms with Crippen molar-refractivity contribution in [3.63, 3.8) is 0 Å². The average molecular weight is 337 g/mol. The first-order valence-corrected chi connectivity index (χ1v) is 7.26. The van der Waals surface area contributed by atoms with Gasteiger partial charge in [-0.25, -0.2) is 29.5 Å². The highest BCUT2D eigenvalue weighted by Gasteiger charge is 2.35. The largest absolute Gasteiger partial charge is 0.451 e. The molecule has 0 bridgehead atoms. The Hall–Kier alpha value is -2.78. The molecule has 24 heavy (non-hydrogen) atoms. The monoisotopic (exact) mass is 337 g/mol. The molecule has 3 aromatic rings. The predicted octanol–water partition coefficient (Wildman–Crippen LogP) is 2.75. The zero-order chi connectivity index (χ0) is 17.3. The van der Waals surface area contributed by atoms with Gasteiger partial charge >= 0.3 is 6.18 Å². The third kappa shape index (κ3) is 2.99. The fourth-order valence-corrected chi connectivity index (χ4v) is 2.15. The summed E-state index contributed by atoms with van der Waals surface area (Å²) in [6.45, 7) is 4.27. The van der Waals surface area contributed by atoms with Crippen LogP contribution in [0.3, 0.4) is 0 Å². The Balaban J connectivity index is 2.24. The second-order valence-electron chi connectivity index (χ2n) is 5.06. The number of anilines is 1. The van der Waals surface area contributed by atoms with Crippen LogP contribution in [0.25, 0.3) is 17.0 Å². The summed E-state index contributed by atoms with van der Waals surface area (Å²) in [5.74, 6) is 0.0128. The minimum absolute atomic E-state index is 0.0361. The lowest BCUT2D eigenvalue weighted by molar-refractivity contribution is -0.144. The molecule has 0 fully saturated rings. The van der Waals surface area contributed by atoms with E-state index in [0.29, 0.717) is 24.1 Å². The van der Waals surface area contributed by atoms with Crippen molar-refractivity contribution >= 4 is 17.1 Å². The van der Waals surface area contributed by atoms with Crippen LogP contribution in [0.5, 0.6) is 0 Å². The van der Waals surface area contributed by atoms with E-state index in [-0.39, 0.29) is 11.2 Å². The minimum Gasteiger partial charge on any atom is -0.355 e. The van der Waals surface area contributed by atoms with Gasteiger partial charge in [0.25, 0.3) is 0 Å². The van der Waals surface area contributed by atoms with E-state index in [1.165, 1.54) is 10.8 Å². The van der Waals surface area contributed by atoms with E-state index in [1.807, 2.05) is 6.92 Å². The maximum atomic E-state index is 12.9. The molecule has 0 aliphatic carbocycles. The van der Waals surface area contributed by atoms with Crippen molar-refractivity contribution in [1.82, 2.24) is 29.5 Å². The van der Waals surface area contributed by atoms with E-state index in [1.54, 1.807) is 13.0 Å². The maximum absolute atomic E-state index is 12.9. The molecule has 0 saturated heterocycles. The van der Waals surface area contributed by atoms with Crippen molar-refractivity contribution in [1.29, 1.82) is 0 Å². The molecule has 3 aromatic heterocycles.